The van der Waals surface area contributed by atoms with E-state index in [2.05, 4.69) is 12.6 Å². The van der Waals surface area contributed by atoms with Crippen molar-refractivity contribution in [3.8, 4) is 0 Å². The van der Waals surface area contributed by atoms with Gasteiger partial charge in [-0.3, -0.25) is 4.79 Å². The lowest BCUT2D eigenvalue weighted by molar-refractivity contribution is -0.150. The largest absolute Gasteiger partial charge is 0.480 e. The summed E-state index contributed by atoms with van der Waals surface area (Å²) in [5.41, 5.74) is 0.931. The summed E-state index contributed by atoms with van der Waals surface area (Å²) in [5.74, 6) is 0.00456. The molecule has 1 N–H and O–H groups in total. The van der Waals surface area contributed by atoms with Crippen molar-refractivity contribution >= 4 is 36.3 Å². The van der Waals surface area contributed by atoms with Crippen LogP contribution in [0.2, 0.25) is 0 Å². The van der Waals surface area contributed by atoms with Gasteiger partial charge in [-0.25, -0.2) is 4.79 Å². The predicted molar refractivity (Wildman–Crippen MR) is 89.9 cm³/mol. The zero-order valence-corrected chi connectivity index (χ0v) is 13.8. The molecule has 4 nitrogen and oxygen atoms in total. The Hall–Kier alpha value is -1.14. The molecular weight excluding hydrogens is 306 g/mol. The van der Waals surface area contributed by atoms with Crippen molar-refractivity contribution in [2.45, 2.75) is 25.4 Å². The van der Waals surface area contributed by atoms with Gasteiger partial charge in [0.25, 0.3) is 0 Å². The predicted octanol–water partition coefficient (Wildman–Crippen LogP) is 2.54. The van der Waals surface area contributed by atoms with E-state index >= 15 is 0 Å². The molecule has 116 valence electrons. The van der Waals surface area contributed by atoms with Crippen molar-refractivity contribution in [3.63, 3.8) is 0 Å². The Bertz CT molecular complexity index is 453. The van der Waals surface area contributed by atoms with Crippen LogP contribution in [0.1, 0.15) is 18.4 Å². The second-order valence-electron chi connectivity index (χ2n) is 4.62. The molecule has 1 amide bonds. The van der Waals surface area contributed by atoms with Gasteiger partial charge >= 0.3 is 5.97 Å². The molecule has 21 heavy (non-hydrogen) atoms. The van der Waals surface area contributed by atoms with Crippen LogP contribution in [0.15, 0.2) is 30.3 Å². The number of aliphatic carboxylic acids is 1. The monoisotopic (exact) mass is 327 g/mol. The van der Waals surface area contributed by atoms with Gasteiger partial charge in [0.2, 0.25) is 5.91 Å². The molecule has 0 spiro atoms. The summed E-state index contributed by atoms with van der Waals surface area (Å²) >= 11 is 5.65. The number of hydrogen-bond donors (Lipinski definition) is 2. The Labute approximate surface area is 135 Å². The van der Waals surface area contributed by atoms with Crippen molar-refractivity contribution in [2.24, 2.45) is 0 Å². The van der Waals surface area contributed by atoms with Crippen LogP contribution in [-0.4, -0.2) is 45.7 Å². The zero-order chi connectivity index (χ0) is 15.7. The van der Waals surface area contributed by atoms with Gasteiger partial charge < -0.3 is 10.0 Å². The number of rotatable bonds is 9. The van der Waals surface area contributed by atoms with E-state index in [4.69, 9.17) is 0 Å². The van der Waals surface area contributed by atoms with Gasteiger partial charge in [-0.1, -0.05) is 30.3 Å². The van der Waals surface area contributed by atoms with Gasteiger partial charge in [-0.05, 0) is 29.7 Å². The topological polar surface area (TPSA) is 57.6 Å². The molecule has 1 atom stereocenters. The van der Waals surface area contributed by atoms with Crippen molar-refractivity contribution in [1.29, 1.82) is 0 Å². The Balaban J connectivity index is 2.93. The van der Waals surface area contributed by atoms with E-state index in [1.807, 2.05) is 36.6 Å². The van der Waals surface area contributed by atoms with Crippen LogP contribution in [0.4, 0.5) is 0 Å². The Morgan fingerprint density at radius 3 is 2.52 bits per heavy atom. The lowest BCUT2D eigenvalue weighted by Gasteiger charge is -2.29. The Morgan fingerprint density at radius 2 is 2.00 bits per heavy atom. The number of carbonyl (C=O) groups is 2. The molecule has 0 heterocycles. The van der Waals surface area contributed by atoms with E-state index in [9.17, 15) is 14.7 Å². The summed E-state index contributed by atoms with van der Waals surface area (Å²) in [6, 6.07) is 8.67. The fourth-order valence-corrected chi connectivity index (χ4v) is 2.68. The third-order valence-corrected chi connectivity index (χ3v) is 3.97. The molecule has 1 aromatic rings. The van der Waals surface area contributed by atoms with E-state index < -0.39 is 12.0 Å². The number of thiol groups is 1. The highest BCUT2D eigenvalue weighted by atomic mass is 32.2. The molecule has 0 saturated heterocycles. The van der Waals surface area contributed by atoms with E-state index in [0.29, 0.717) is 24.5 Å². The maximum absolute atomic E-state index is 12.3. The van der Waals surface area contributed by atoms with Gasteiger partial charge in [0, 0.05) is 13.0 Å². The first kappa shape index (κ1) is 17.9. The van der Waals surface area contributed by atoms with E-state index in [1.54, 1.807) is 11.8 Å². The lowest BCUT2D eigenvalue weighted by Crippen LogP contribution is -2.45. The smallest absolute Gasteiger partial charge is 0.326 e. The fraction of sp³-hybridized carbons (Fsp3) is 0.467. The summed E-state index contributed by atoms with van der Waals surface area (Å²) < 4.78 is 0. The highest BCUT2D eigenvalue weighted by Gasteiger charge is 2.28. The maximum atomic E-state index is 12.3. The van der Waals surface area contributed by atoms with Crippen molar-refractivity contribution in [2.75, 3.05) is 17.8 Å². The number of carbonyl (C=O) groups excluding carboxylic acids is 1. The molecule has 0 fully saturated rings. The standard InChI is InChI=1S/C15H21NO3S2/c1-21-10-8-13(15(18)19)16(14(17)7-9-20)11-12-5-3-2-4-6-12/h2-6,13,20H,7-11H2,1H3,(H,18,19)/t13-/m0/s1. The number of nitrogens with zero attached hydrogens (tertiary/aromatic N) is 1. The van der Waals surface area contributed by atoms with E-state index in [0.717, 1.165) is 5.56 Å². The SMILES string of the molecule is CSCC[C@@H](C(=O)O)N(Cc1ccccc1)C(=O)CCS. The van der Waals surface area contributed by atoms with Gasteiger partial charge in [0.05, 0.1) is 0 Å². The second-order valence-corrected chi connectivity index (χ2v) is 6.05. The number of benzene rings is 1. The van der Waals surface area contributed by atoms with Crippen LogP contribution < -0.4 is 0 Å². The molecular formula is C15H21NO3S2. The molecule has 0 aliphatic heterocycles. The molecule has 0 aliphatic rings. The van der Waals surface area contributed by atoms with E-state index in [1.165, 1.54) is 4.90 Å². The average molecular weight is 327 g/mol. The molecule has 0 unspecified atom stereocenters. The summed E-state index contributed by atoms with van der Waals surface area (Å²) in [4.78, 5) is 25.2. The lowest BCUT2D eigenvalue weighted by atomic mass is 10.1. The maximum Gasteiger partial charge on any atom is 0.326 e. The van der Waals surface area contributed by atoms with Crippen molar-refractivity contribution in [3.05, 3.63) is 35.9 Å². The van der Waals surface area contributed by atoms with Crippen LogP contribution in [-0.2, 0) is 16.1 Å². The quantitative estimate of drug-likeness (QED) is 0.684. The third-order valence-electron chi connectivity index (χ3n) is 3.10. The summed E-state index contributed by atoms with van der Waals surface area (Å²) in [6.07, 6.45) is 2.62. The number of amides is 1. The van der Waals surface area contributed by atoms with Gasteiger partial charge in [-0.15, -0.1) is 0 Å². The normalized spacial score (nSPS) is 11.9. The third kappa shape index (κ3) is 6.01. The minimum atomic E-state index is -0.951. The molecule has 6 heteroatoms. The van der Waals surface area contributed by atoms with Crippen LogP contribution in [0.3, 0.4) is 0 Å². The first-order valence-electron chi connectivity index (χ1n) is 6.76. The first-order chi connectivity index (χ1) is 10.1. The summed E-state index contributed by atoms with van der Waals surface area (Å²) in [6.45, 7) is 0.318. The fourth-order valence-electron chi connectivity index (χ4n) is 2.03. The molecule has 0 aromatic heterocycles. The first-order valence-corrected chi connectivity index (χ1v) is 8.78. The minimum Gasteiger partial charge on any atom is -0.480 e. The molecule has 0 radical (unpaired) electrons. The zero-order valence-electron chi connectivity index (χ0n) is 12.1. The van der Waals surface area contributed by atoms with Gasteiger partial charge in [0.1, 0.15) is 6.04 Å². The number of carboxylic acid groups (broad SMARTS) is 1. The number of hydrogen-bond acceptors (Lipinski definition) is 4. The summed E-state index contributed by atoms with van der Waals surface area (Å²) in [7, 11) is 0. The van der Waals surface area contributed by atoms with Crippen LogP contribution in [0.25, 0.3) is 0 Å². The highest BCUT2D eigenvalue weighted by Crippen LogP contribution is 2.15. The Morgan fingerprint density at radius 1 is 1.33 bits per heavy atom. The van der Waals surface area contributed by atoms with E-state index in [-0.39, 0.29) is 12.3 Å². The molecule has 0 aliphatic carbocycles. The van der Waals surface area contributed by atoms with Gasteiger partial charge in [-0.2, -0.15) is 24.4 Å². The van der Waals surface area contributed by atoms with Crippen molar-refractivity contribution < 1.29 is 14.7 Å². The molecule has 1 aromatic carbocycles. The molecule has 0 saturated carbocycles. The second kappa shape index (κ2) is 9.73. The van der Waals surface area contributed by atoms with Crippen molar-refractivity contribution in [1.82, 2.24) is 4.90 Å². The number of carboxylic acids is 1. The van der Waals surface area contributed by atoms with Crippen LogP contribution in [0.5, 0.6) is 0 Å². The minimum absolute atomic E-state index is 0.164. The van der Waals surface area contributed by atoms with Gasteiger partial charge in [0.15, 0.2) is 0 Å². The molecule has 0 bridgehead atoms. The number of thioether (sulfide) groups is 1. The molecule has 1 rings (SSSR count). The summed E-state index contributed by atoms with van der Waals surface area (Å²) in [5, 5.41) is 9.44. The average Bonchev–Trinajstić information content (AvgIpc) is 2.47. The Kier molecular flexibility index (Phi) is 8.30. The van der Waals surface area contributed by atoms with Crippen LogP contribution >= 0.6 is 24.4 Å². The van der Waals surface area contributed by atoms with Crippen LogP contribution in [0, 0.1) is 0 Å². The highest BCUT2D eigenvalue weighted by molar-refractivity contribution is 7.98.